The zero-order valence-corrected chi connectivity index (χ0v) is 12.0. The van der Waals surface area contributed by atoms with Crippen LogP contribution in [-0.2, 0) is 19.2 Å². The van der Waals surface area contributed by atoms with Crippen LogP contribution < -0.4 is 16.4 Å². The molecular weight excluding hydrogens is 282 g/mol. The van der Waals surface area contributed by atoms with E-state index >= 15 is 0 Å². The fraction of sp³-hybridized carbons (Fsp3) is 0.667. The lowest BCUT2D eigenvalue weighted by Crippen LogP contribution is -2.53. The average molecular weight is 303 g/mol. The van der Waals surface area contributed by atoms with Crippen molar-refractivity contribution in [3.05, 3.63) is 0 Å². The van der Waals surface area contributed by atoms with Crippen LogP contribution in [0.5, 0.6) is 0 Å². The molecule has 0 unspecified atom stereocenters. The van der Waals surface area contributed by atoms with Gasteiger partial charge in [-0.2, -0.15) is 0 Å². The lowest BCUT2D eigenvalue weighted by Gasteiger charge is -2.22. The number of hydrogen-bond acceptors (Lipinski definition) is 5. The third-order valence-corrected chi connectivity index (χ3v) is 2.54. The quantitative estimate of drug-likeness (QED) is 0.347. The smallest absolute Gasteiger partial charge is 0.326 e. The van der Waals surface area contributed by atoms with Crippen molar-refractivity contribution in [1.82, 2.24) is 10.6 Å². The Morgan fingerprint density at radius 1 is 1.05 bits per heavy atom. The molecule has 0 bridgehead atoms. The van der Waals surface area contributed by atoms with Crippen LogP contribution in [0.4, 0.5) is 0 Å². The lowest BCUT2D eigenvalue weighted by molar-refractivity contribution is -0.147. The van der Waals surface area contributed by atoms with Crippen LogP contribution in [0.15, 0.2) is 0 Å². The molecule has 120 valence electrons. The zero-order valence-electron chi connectivity index (χ0n) is 12.0. The van der Waals surface area contributed by atoms with E-state index in [4.69, 9.17) is 15.9 Å². The van der Waals surface area contributed by atoms with Gasteiger partial charge in [0.1, 0.15) is 12.1 Å². The molecule has 0 rings (SSSR count). The summed E-state index contributed by atoms with van der Waals surface area (Å²) in [4.78, 5) is 44.8. The maximum Gasteiger partial charge on any atom is 0.326 e. The number of carbonyl (C=O) groups excluding carboxylic acids is 2. The van der Waals surface area contributed by atoms with Crippen molar-refractivity contribution in [2.24, 2.45) is 11.7 Å². The van der Waals surface area contributed by atoms with E-state index in [2.05, 4.69) is 10.6 Å². The van der Waals surface area contributed by atoms with E-state index in [0.717, 1.165) is 0 Å². The number of amides is 2. The molecule has 9 heteroatoms. The number of carboxylic acid groups (broad SMARTS) is 2. The van der Waals surface area contributed by atoms with Gasteiger partial charge in [-0.05, 0) is 12.3 Å². The summed E-state index contributed by atoms with van der Waals surface area (Å²) in [6.45, 7) is 3.33. The molecule has 0 spiro atoms. The highest BCUT2D eigenvalue weighted by Crippen LogP contribution is 2.06. The van der Waals surface area contributed by atoms with Crippen LogP contribution >= 0.6 is 0 Å². The second-order valence-corrected chi connectivity index (χ2v) is 4.95. The molecule has 21 heavy (non-hydrogen) atoms. The second-order valence-electron chi connectivity index (χ2n) is 4.95. The molecule has 6 N–H and O–H groups in total. The largest absolute Gasteiger partial charge is 0.481 e. The number of nitrogens with one attached hydrogen (secondary N) is 2. The standard InChI is InChI=1S/C12H21N3O6/c1-6(2)3-7(14-9(16)5-13)11(19)15-8(12(20)21)4-10(17)18/h6-8H,3-5,13H2,1-2H3,(H,14,16)(H,15,19)(H,17,18)(H,20,21)/t7-,8-/m0/s1. The molecule has 0 aliphatic carbocycles. The van der Waals surface area contributed by atoms with Crippen molar-refractivity contribution in [3.63, 3.8) is 0 Å². The fourth-order valence-electron chi connectivity index (χ4n) is 1.60. The number of carbonyl (C=O) groups is 4. The van der Waals surface area contributed by atoms with Crippen LogP contribution in [0.25, 0.3) is 0 Å². The molecule has 2 amide bonds. The predicted octanol–water partition coefficient (Wildman–Crippen LogP) is -1.48. The third kappa shape index (κ3) is 7.88. The van der Waals surface area contributed by atoms with Gasteiger partial charge in [-0.25, -0.2) is 4.79 Å². The van der Waals surface area contributed by atoms with E-state index < -0.39 is 42.3 Å². The summed E-state index contributed by atoms with van der Waals surface area (Å²) < 4.78 is 0. The van der Waals surface area contributed by atoms with Gasteiger partial charge in [0.2, 0.25) is 11.8 Å². The summed E-state index contributed by atoms with van der Waals surface area (Å²) in [6.07, 6.45) is -0.475. The van der Waals surface area contributed by atoms with E-state index in [0.29, 0.717) is 0 Å². The van der Waals surface area contributed by atoms with Crippen LogP contribution in [0.3, 0.4) is 0 Å². The predicted molar refractivity (Wildman–Crippen MR) is 72.3 cm³/mol. The van der Waals surface area contributed by atoms with Gasteiger partial charge in [-0.15, -0.1) is 0 Å². The molecule has 0 aliphatic rings. The molecule has 0 aliphatic heterocycles. The molecule has 0 saturated heterocycles. The molecule has 0 heterocycles. The van der Waals surface area contributed by atoms with Crippen molar-refractivity contribution in [1.29, 1.82) is 0 Å². The van der Waals surface area contributed by atoms with Crippen LogP contribution in [-0.4, -0.2) is 52.6 Å². The first-order valence-electron chi connectivity index (χ1n) is 6.41. The summed E-state index contributed by atoms with van der Waals surface area (Å²) in [7, 11) is 0. The lowest BCUT2D eigenvalue weighted by atomic mass is 10.0. The monoisotopic (exact) mass is 303 g/mol. The van der Waals surface area contributed by atoms with Crippen LogP contribution in [0, 0.1) is 5.92 Å². The zero-order chi connectivity index (χ0) is 16.6. The number of hydrogen-bond donors (Lipinski definition) is 5. The molecule has 0 aromatic rings. The van der Waals surface area contributed by atoms with Gasteiger partial charge >= 0.3 is 11.9 Å². The Morgan fingerprint density at radius 3 is 2.00 bits per heavy atom. The Kier molecular flexibility index (Phi) is 7.99. The Labute approximate surface area is 121 Å². The first-order valence-corrected chi connectivity index (χ1v) is 6.41. The van der Waals surface area contributed by atoms with Crippen molar-refractivity contribution in [2.75, 3.05) is 6.54 Å². The topological polar surface area (TPSA) is 159 Å². The van der Waals surface area contributed by atoms with Crippen molar-refractivity contribution in [3.8, 4) is 0 Å². The van der Waals surface area contributed by atoms with Gasteiger partial charge in [0.25, 0.3) is 0 Å². The summed E-state index contributed by atoms with van der Waals surface area (Å²) in [5.41, 5.74) is 5.15. The maximum absolute atomic E-state index is 12.0. The Bertz CT molecular complexity index is 410. The molecule has 0 saturated carbocycles. The summed E-state index contributed by atoms with van der Waals surface area (Å²) >= 11 is 0. The van der Waals surface area contributed by atoms with E-state index in [1.165, 1.54) is 0 Å². The van der Waals surface area contributed by atoms with Crippen LogP contribution in [0.2, 0.25) is 0 Å². The minimum Gasteiger partial charge on any atom is -0.481 e. The van der Waals surface area contributed by atoms with Crippen LogP contribution in [0.1, 0.15) is 26.7 Å². The van der Waals surface area contributed by atoms with Gasteiger partial charge in [0.05, 0.1) is 13.0 Å². The van der Waals surface area contributed by atoms with Crippen molar-refractivity contribution < 1.29 is 29.4 Å². The summed E-state index contributed by atoms with van der Waals surface area (Å²) in [5.74, 6) is -4.06. The van der Waals surface area contributed by atoms with Gasteiger partial charge in [0.15, 0.2) is 0 Å². The molecule has 9 nitrogen and oxygen atoms in total. The van der Waals surface area contributed by atoms with Gasteiger partial charge in [-0.3, -0.25) is 14.4 Å². The highest BCUT2D eigenvalue weighted by Gasteiger charge is 2.28. The van der Waals surface area contributed by atoms with E-state index in [9.17, 15) is 19.2 Å². The number of rotatable bonds is 9. The van der Waals surface area contributed by atoms with Crippen molar-refractivity contribution in [2.45, 2.75) is 38.8 Å². The Morgan fingerprint density at radius 2 is 1.62 bits per heavy atom. The fourth-order valence-corrected chi connectivity index (χ4v) is 1.60. The highest BCUT2D eigenvalue weighted by molar-refractivity contribution is 5.92. The van der Waals surface area contributed by atoms with Gasteiger partial charge < -0.3 is 26.6 Å². The van der Waals surface area contributed by atoms with Crippen molar-refractivity contribution >= 4 is 23.8 Å². The first-order chi connectivity index (χ1) is 9.67. The minimum atomic E-state index is -1.56. The molecule has 0 fully saturated rings. The minimum absolute atomic E-state index is 0.0570. The first kappa shape index (κ1) is 18.8. The van der Waals surface area contributed by atoms with Gasteiger partial charge in [0, 0.05) is 0 Å². The van der Waals surface area contributed by atoms with E-state index in [1.807, 2.05) is 13.8 Å². The SMILES string of the molecule is CC(C)C[C@H](NC(=O)CN)C(=O)N[C@@H](CC(=O)O)C(=O)O. The number of carboxylic acids is 2. The molecule has 0 radical (unpaired) electrons. The normalized spacial score (nSPS) is 13.3. The second kappa shape index (κ2) is 8.90. The van der Waals surface area contributed by atoms with Gasteiger partial charge in [-0.1, -0.05) is 13.8 Å². The number of aliphatic carboxylic acids is 2. The third-order valence-electron chi connectivity index (χ3n) is 2.54. The number of nitrogens with two attached hydrogens (primary N) is 1. The Balaban J connectivity index is 4.87. The summed E-state index contributed by atoms with van der Waals surface area (Å²) in [5, 5.41) is 22.0. The average Bonchev–Trinajstić information content (AvgIpc) is 2.35. The highest BCUT2D eigenvalue weighted by atomic mass is 16.4. The molecule has 2 atom stereocenters. The van der Waals surface area contributed by atoms with E-state index in [-0.39, 0.29) is 18.9 Å². The molecular formula is C12H21N3O6. The summed E-state index contributed by atoms with van der Waals surface area (Å²) in [6, 6.07) is -2.52. The maximum atomic E-state index is 12.0. The molecule has 0 aromatic heterocycles. The Hall–Kier alpha value is -2.16. The molecule has 0 aromatic carbocycles. The van der Waals surface area contributed by atoms with E-state index in [1.54, 1.807) is 0 Å².